The number of hydrogen-bond donors (Lipinski definition) is 3. The Morgan fingerprint density at radius 2 is 2.06 bits per heavy atom. The number of benzene rings is 1. The Kier molecular flexibility index (Phi) is 5.56. The Hall–Kier alpha value is -3.11. The van der Waals surface area contributed by atoms with Gasteiger partial charge in [0.2, 0.25) is 0 Å². The van der Waals surface area contributed by atoms with Gasteiger partial charge in [-0.3, -0.25) is 4.79 Å². The van der Waals surface area contributed by atoms with Crippen LogP contribution in [0.4, 0.5) is 0 Å². The fourth-order valence-corrected chi connectivity index (χ4v) is 6.40. The molecule has 3 N–H and O–H groups in total. The molecule has 3 aliphatic carbocycles. The van der Waals surface area contributed by atoms with E-state index in [9.17, 15) is 24.6 Å². The van der Waals surface area contributed by atoms with Gasteiger partial charge in [0.1, 0.15) is 5.76 Å². The number of hydrogen-bond acceptors (Lipinski definition) is 9. The van der Waals surface area contributed by atoms with E-state index in [2.05, 4.69) is 4.74 Å². The van der Waals surface area contributed by atoms with Crippen LogP contribution in [0, 0.1) is 5.92 Å². The first-order chi connectivity index (χ1) is 16.6. The Bertz CT molecular complexity index is 1130. The number of rotatable bonds is 7. The van der Waals surface area contributed by atoms with Crippen molar-refractivity contribution in [3.8, 4) is 11.5 Å². The summed E-state index contributed by atoms with van der Waals surface area (Å²) in [6.07, 6.45) is 0.231. The largest absolute Gasteiger partial charge is 0.493 e. The van der Waals surface area contributed by atoms with E-state index < -0.39 is 53.7 Å². The maximum Gasteiger partial charge on any atom is 0.344 e. The Morgan fingerprint density at radius 1 is 1.29 bits per heavy atom. The third-order valence-electron chi connectivity index (χ3n) is 7.97. The number of aliphatic carboxylic acids is 1. The minimum absolute atomic E-state index is 0.0375. The van der Waals surface area contributed by atoms with Crippen molar-refractivity contribution in [1.82, 2.24) is 0 Å². The molecule has 0 unspecified atom stereocenters. The number of ether oxygens (including phenoxy) is 4. The average molecular weight is 488 g/mol. The highest BCUT2D eigenvalue weighted by Crippen LogP contribution is 2.67. The smallest absolute Gasteiger partial charge is 0.344 e. The lowest BCUT2D eigenvalue weighted by molar-refractivity contribution is -0.172. The van der Waals surface area contributed by atoms with Crippen molar-refractivity contribution in [2.24, 2.45) is 5.92 Å². The van der Waals surface area contributed by atoms with Crippen molar-refractivity contribution in [2.75, 3.05) is 7.11 Å². The van der Waals surface area contributed by atoms with E-state index in [1.54, 1.807) is 13.2 Å². The molecule has 5 rings (SSSR count). The minimum atomic E-state index is -1.88. The first-order valence-electron chi connectivity index (χ1n) is 11.7. The lowest BCUT2D eigenvalue weighted by Crippen LogP contribution is -2.67. The molecule has 35 heavy (non-hydrogen) atoms. The van der Waals surface area contributed by atoms with Crippen LogP contribution in [0.3, 0.4) is 0 Å². The molecule has 0 saturated heterocycles. The Morgan fingerprint density at radius 3 is 2.77 bits per heavy atom. The Balaban J connectivity index is 1.41. The SMILES string of the molecule is COc1ccc2c3c1O[C@H]1C(OC(=O)C[C@H](O)C(=O)O[C@@H](C)C(=O)O)=CC[C@@]4(O)[C@H](CCC[C@]314)C2. The summed E-state index contributed by atoms with van der Waals surface area (Å²) in [5.41, 5.74) is 0.142. The first-order valence-corrected chi connectivity index (χ1v) is 11.7. The summed E-state index contributed by atoms with van der Waals surface area (Å²) < 4.78 is 22.1. The van der Waals surface area contributed by atoms with Crippen molar-refractivity contribution in [3.63, 3.8) is 0 Å². The van der Waals surface area contributed by atoms with Crippen LogP contribution in [0.2, 0.25) is 0 Å². The summed E-state index contributed by atoms with van der Waals surface area (Å²) in [5.74, 6) is -2.18. The second kappa shape index (κ2) is 8.23. The third kappa shape index (κ3) is 3.34. The highest BCUT2D eigenvalue weighted by molar-refractivity contribution is 5.84. The molecule has 6 atom stereocenters. The van der Waals surface area contributed by atoms with Crippen molar-refractivity contribution in [3.05, 3.63) is 35.1 Å². The zero-order chi connectivity index (χ0) is 25.1. The van der Waals surface area contributed by atoms with E-state index in [4.69, 9.17) is 19.3 Å². The number of carboxylic acid groups (broad SMARTS) is 1. The molecule has 1 aromatic carbocycles. The first kappa shape index (κ1) is 23.6. The van der Waals surface area contributed by atoms with Crippen LogP contribution in [-0.2, 0) is 35.7 Å². The van der Waals surface area contributed by atoms with Gasteiger partial charge >= 0.3 is 17.9 Å². The molecule has 4 aliphatic rings. The lowest BCUT2D eigenvalue weighted by Gasteiger charge is -2.59. The van der Waals surface area contributed by atoms with Gasteiger partial charge in [0.25, 0.3) is 0 Å². The monoisotopic (exact) mass is 488 g/mol. The quantitative estimate of drug-likeness (QED) is 0.481. The molecule has 188 valence electrons. The van der Waals surface area contributed by atoms with Gasteiger partial charge in [-0.2, -0.15) is 0 Å². The topological polar surface area (TPSA) is 149 Å². The summed E-state index contributed by atoms with van der Waals surface area (Å²) in [7, 11) is 1.54. The maximum absolute atomic E-state index is 12.7. The maximum atomic E-state index is 12.7. The summed E-state index contributed by atoms with van der Waals surface area (Å²) in [6, 6.07) is 3.85. The van der Waals surface area contributed by atoms with Crippen LogP contribution in [0.5, 0.6) is 11.5 Å². The summed E-state index contributed by atoms with van der Waals surface area (Å²) in [6.45, 7) is 1.14. The van der Waals surface area contributed by atoms with Gasteiger partial charge in [-0.25, -0.2) is 9.59 Å². The molecule has 0 radical (unpaired) electrons. The highest BCUT2D eigenvalue weighted by atomic mass is 16.6. The number of aliphatic hydroxyl groups excluding tert-OH is 1. The molecular weight excluding hydrogens is 460 g/mol. The zero-order valence-electron chi connectivity index (χ0n) is 19.5. The molecule has 0 amide bonds. The number of esters is 2. The van der Waals surface area contributed by atoms with E-state index in [0.717, 1.165) is 37.3 Å². The van der Waals surface area contributed by atoms with Crippen LogP contribution in [0.15, 0.2) is 24.0 Å². The van der Waals surface area contributed by atoms with Gasteiger partial charge in [-0.15, -0.1) is 0 Å². The van der Waals surface area contributed by atoms with Gasteiger partial charge in [0, 0.05) is 5.56 Å². The predicted octanol–water partition coefficient (Wildman–Crippen LogP) is 1.38. The van der Waals surface area contributed by atoms with Gasteiger partial charge in [-0.05, 0) is 56.2 Å². The number of carbonyl (C=O) groups excluding carboxylic acids is 2. The molecule has 1 aliphatic heterocycles. The molecular formula is C25H28O10. The second-order valence-corrected chi connectivity index (χ2v) is 9.74. The van der Waals surface area contributed by atoms with E-state index in [0.29, 0.717) is 17.9 Å². The summed E-state index contributed by atoms with van der Waals surface area (Å²) in [4.78, 5) is 35.4. The van der Waals surface area contributed by atoms with Crippen LogP contribution in [0.25, 0.3) is 0 Å². The third-order valence-corrected chi connectivity index (χ3v) is 7.97. The van der Waals surface area contributed by atoms with E-state index in [1.807, 2.05) is 12.1 Å². The number of carbonyl (C=O) groups is 3. The van der Waals surface area contributed by atoms with Crippen molar-refractivity contribution < 1.29 is 48.7 Å². The molecule has 0 aromatic heterocycles. The van der Waals surface area contributed by atoms with Crippen LogP contribution >= 0.6 is 0 Å². The summed E-state index contributed by atoms with van der Waals surface area (Å²) >= 11 is 0. The molecule has 1 fully saturated rings. The van der Waals surface area contributed by atoms with Crippen LogP contribution in [-0.4, -0.2) is 64.3 Å². The lowest BCUT2D eigenvalue weighted by atomic mass is 9.47. The standard InChI is InChI=1S/C25H28O10/c1-12(22(28)29)33-23(30)15(26)11-18(27)34-17-7-9-25(31)14-4-3-8-24(25)19-13(10-14)5-6-16(32-2)20(19)35-21(17)24/h5-7,12,14-15,21,26,31H,3-4,8-11H2,1-2H3,(H,28,29)/t12-,14+,15-,21-,24-,25+/m0/s1. The molecule has 2 bridgehead atoms. The predicted molar refractivity (Wildman–Crippen MR) is 118 cm³/mol. The van der Waals surface area contributed by atoms with Crippen molar-refractivity contribution in [2.45, 2.75) is 74.8 Å². The molecule has 10 heteroatoms. The van der Waals surface area contributed by atoms with Gasteiger partial charge < -0.3 is 34.3 Å². The molecule has 1 heterocycles. The molecule has 1 aromatic rings. The fourth-order valence-electron chi connectivity index (χ4n) is 6.40. The minimum Gasteiger partial charge on any atom is -0.493 e. The molecule has 10 nitrogen and oxygen atoms in total. The average Bonchev–Trinajstić information content (AvgIpc) is 3.15. The van der Waals surface area contributed by atoms with E-state index in [-0.39, 0.29) is 18.1 Å². The highest BCUT2D eigenvalue weighted by Gasteiger charge is 2.70. The number of aliphatic hydroxyl groups is 2. The zero-order valence-corrected chi connectivity index (χ0v) is 19.5. The van der Waals surface area contributed by atoms with E-state index >= 15 is 0 Å². The van der Waals surface area contributed by atoms with Crippen LogP contribution < -0.4 is 9.47 Å². The summed E-state index contributed by atoms with van der Waals surface area (Å²) in [5, 5.41) is 30.9. The molecule has 1 spiro atoms. The number of methoxy groups -OCH3 is 1. The van der Waals surface area contributed by atoms with Crippen molar-refractivity contribution >= 4 is 17.9 Å². The van der Waals surface area contributed by atoms with Gasteiger partial charge in [0.15, 0.2) is 29.8 Å². The van der Waals surface area contributed by atoms with Gasteiger partial charge in [0.05, 0.1) is 24.5 Å². The van der Waals surface area contributed by atoms with E-state index in [1.165, 1.54) is 0 Å². The van der Waals surface area contributed by atoms with Crippen molar-refractivity contribution in [1.29, 1.82) is 0 Å². The fraction of sp³-hybridized carbons (Fsp3) is 0.560. The Labute approximate surface area is 201 Å². The number of carboxylic acids is 1. The normalized spacial score (nSPS) is 31.3. The van der Waals surface area contributed by atoms with Gasteiger partial charge in [-0.1, -0.05) is 12.5 Å². The van der Waals surface area contributed by atoms with Crippen LogP contribution in [0.1, 0.15) is 50.2 Å². The second-order valence-electron chi connectivity index (χ2n) is 9.74. The molecule has 1 saturated carbocycles.